The molecule has 0 saturated carbocycles. The number of nitrogens with zero attached hydrogens (tertiary/aromatic N) is 1. The quantitative estimate of drug-likeness (QED) is 0.576. The van der Waals surface area contributed by atoms with Gasteiger partial charge in [0.2, 0.25) is 0 Å². The molecule has 0 amide bonds. The molecule has 0 aliphatic carbocycles. The number of nitrogens with two attached hydrogens (primary N) is 1. The van der Waals surface area contributed by atoms with Crippen molar-refractivity contribution in [2.75, 3.05) is 13.1 Å². The zero-order valence-corrected chi connectivity index (χ0v) is 6.21. The topological polar surface area (TPSA) is 29.3 Å². The van der Waals surface area contributed by atoms with Crippen molar-refractivity contribution in [1.82, 2.24) is 4.90 Å². The van der Waals surface area contributed by atoms with Gasteiger partial charge < -0.3 is 10.6 Å². The Hall–Kier alpha value is -1.18. The lowest BCUT2D eigenvalue weighted by Crippen LogP contribution is -2.27. The van der Waals surface area contributed by atoms with Crippen LogP contribution in [0, 0.1) is 0 Å². The zero-order chi connectivity index (χ0) is 7.98. The van der Waals surface area contributed by atoms with Gasteiger partial charge in [-0.2, -0.15) is 0 Å². The molecule has 0 saturated heterocycles. The van der Waals surface area contributed by atoms with Gasteiger partial charge in [-0.15, -0.1) is 13.2 Å². The van der Waals surface area contributed by atoms with Crippen LogP contribution in [0.25, 0.3) is 0 Å². The van der Waals surface area contributed by atoms with Gasteiger partial charge in [-0.3, -0.25) is 0 Å². The van der Waals surface area contributed by atoms with Crippen LogP contribution in [0.4, 0.5) is 0 Å². The van der Waals surface area contributed by atoms with Crippen LogP contribution in [0.5, 0.6) is 0 Å². The Balaban J connectivity index is 3.83. The maximum absolute atomic E-state index is 5.44. The van der Waals surface area contributed by atoms with Crippen LogP contribution in [-0.2, 0) is 0 Å². The molecule has 0 unspecified atom stereocenters. The van der Waals surface area contributed by atoms with E-state index in [0.717, 1.165) is 13.1 Å². The van der Waals surface area contributed by atoms with Gasteiger partial charge in [0.1, 0.15) is 0 Å². The van der Waals surface area contributed by atoms with E-state index in [-0.39, 0.29) is 0 Å². The van der Waals surface area contributed by atoms with Gasteiger partial charge in [-0.1, -0.05) is 18.7 Å². The maximum Gasteiger partial charge on any atom is 0.0917 e. The number of hydrogen-bond acceptors (Lipinski definition) is 2. The minimum absolute atomic E-state index is 0.555. The Morgan fingerprint density at radius 1 is 1.30 bits per heavy atom. The normalized spacial score (nSPS) is 8.40. The molecule has 0 atom stereocenters. The summed E-state index contributed by atoms with van der Waals surface area (Å²) in [4.78, 5) is 1.88. The molecule has 0 radical (unpaired) electrons. The molecule has 2 heteroatoms. The van der Waals surface area contributed by atoms with Crippen LogP contribution in [0.2, 0.25) is 0 Å². The van der Waals surface area contributed by atoms with E-state index in [1.807, 2.05) is 4.90 Å². The van der Waals surface area contributed by atoms with E-state index in [1.54, 1.807) is 12.2 Å². The molecule has 0 rings (SSSR count). The fourth-order valence-corrected chi connectivity index (χ4v) is 0.621. The Labute approximate surface area is 62.3 Å². The molecule has 2 nitrogen and oxygen atoms in total. The molecule has 0 fully saturated rings. The molecule has 0 aliphatic heterocycles. The fraction of sp³-hybridized carbons (Fsp3) is 0.250. The summed E-state index contributed by atoms with van der Waals surface area (Å²) in [6.07, 6.45) is 3.56. The van der Waals surface area contributed by atoms with E-state index in [0.29, 0.717) is 5.82 Å². The Morgan fingerprint density at radius 2 is 1.70 bits per heavy atom. The van der Waals surface area contributed by atoms with E-state index < -0.39 is 0 Å². The summed E-state index contributed by atoms with van der Waals surface area (Å²) >= 11 is 0. The van der Waals surface area contributed by atoms with E-state index in [1.165, 1.54) is 0 Å². The minimum Gasteiger partial charge on any atom is -0.386 e. The molecule has 0 bridgehead atoms. The van der Waals surface area contributed by atoms with Crippen molar-refractivity contribution in [3.63, 3.8) is 0 Å². The third-order valence-corrected chi connectivity index (χ3v) is 1.11. The van der Waals surface area contributed by atoms with Crippen LogP contribution in [-0.4, -0.2) is 18.0 Å². The SMILES string of the molecule is C=CCN(CC=C)C(=C)N. The largest absolute Gasteiger partial charge is 0.386 e. The second kappa shape index (κ2) is 4.68. The lowest BCUT2D eigenvalue weighted by atomic mass is 10.4. The smallest absolute Gasteiger partial charge is 0.0917 e. The molecule has 56 valence electrons. The highest BCUT2D eigenvalue weighted by atomic mass is 15.2. The van der Waals surface area contributed by atoms with Gasteiger partial charge in [0, 0.05) is 13.1 Å². The second-order valence-electron chi connectivity index (χ2n) is 1.97. The van der Waals surface area contributed by atoms with Gasteiger partial charge >= 0.3 is 0 Å². The van der Waals surface area contributed by atoms with Crippen molar-refractivity contribution in [2.45, 2.75) is 0 Å². The molecule has 0 aromatic heterocycles. The molecular formula is C8H14N2. The van der Waals surface area contributed by atoms with Crippen LogP contribution in [0.15, 0.2) is 37.7 Å². The summed E-state index contributed by atoms with van der Waals surface area (Å²) < 4.78 is 0. The summed E-state index contributed by atoms with van der Waals surface area (Å²) in [6, 6.07) is 0. The van der Waals surface area contributed by atoms with Crippen molar-refractivity contribution in [1.29, 1.82) is 0 Å². The van der Waals surface area contributed by atoms with Crippen LogP contribution >= 0.6 is 0 Å². The second-order valence-corrected chi connectivity index (χ2v) is 1.97. The van der Waals surface area contributed by atoms with Gasteiger partial charge in [-0.05, 0) is 0 Å². The highest BCUT2D eigenvalue weighted by Crippen LogP contribution is 1.93. The lowest BCUT2D eigenvalue weighted by Gasteiger charge is -2.19. The van der Waals surface area contributed by atoms with Crippen molar-refractivity contribution >= 4 is 0 Å². The Bertz CT molecular complexity index is 128. The predicted octanol–water partition coefficient (Wildman–Crippen LogP) is 1.09. The maximum atomic E-state index is 5.44. The first-order valence-electron chi connectivity index (χ1n) is 3.13. The van der Waals surface area contributed by atoms with Crippen molar-refractivity contribution in [3.8, 4) is 0 Å². The molecule has 2 N–H and O–H groups in total. The van der Waals surface area contributed by atoms with Gasteiger partial charge in [-0.25, -0.2) is 0 Å². The first-order valence-corrected chi connectivity index (χ1v) is 3.13. The van der Waals surface area contributed by atoms with Crippen molar-refractivity contribution in [2.24, 2.45) is 5.73 Å². The average Bonchev–Trinajstić information content (AvgIpc) is 1.87. The van der Waals surface area contributed by atoms with Gasteiger partial charge in [0.15, 0.2) is 0 Å². The molecule has 0 aromatic carbocycles. The standard InChI is InChI=1S/C8H14N2/c1-4-6-10(7-5-2)8(3)9/h4-5H,1-3,6-7,9H2. The molecule has 0 heterocycles. The van der Waals surface area contributed by atoms with Crippen LogP contribution < -0.4 is 5.73 Å². The molecule has 0 aliphatic rings. The summed E-state index contributed by atoms with van der Waals surface area (Å²) in [7, 11) is 0. The highest BCUT2D eigenvalue weighted by Gasteiger charge is 1.96. The van der Waals surface area contributed by atoms with Crippen molar-refractivity contribution < 1.29 is 0 Å². The monoisotopic (exact) mass is 138 g/mol. The third-order valence-electron chi connectivity index (χ3n) is 1.11. The van der Waals surface area contributed by atoms with Crippen LogP contribution in [0.3, 0.4) is 0 Å². The molecule has 0 aromatic rings. The van der Waals surface area contributed by atoms with E-state index in [9.17, 15) is 0 Å². The molecule has 10 heavy (non-hydrogen) atoms. The zero-order valence-electron chi connectivity index (χ0n) is 6.21. The Morgan fingerprint density at radius 3 is 1.90 bits per heavy atom. The summed E-state index contributed by atoms with van der Waals surface area (Å²) in [5.74, 6) is 0.555. The third kappa shape index (κ3) is 2.97. The highest BCUT2D eigenvalue weighted by molar-refractivity contribution is 4.93. The molecular weight excluding hydrogens is 124 g/mol. The van der Waals surface area contributed by atoms with E-state index >= 15 is 0 Å². The minimum atomic E-state index is 0.555. The summed E-state index contributed by atoms with van der Waals surface area (Å²) in [5, 5.41) is 0. The van der Waals surface area contributed by atoms with Crippen LogP contribution in [0.1, 0.15) is 0 Å². The Kier molecular flexibility index (Phi) is 4.12. The fourth-order valence-electron chi connectivity index (χ4n) is 0.621. The van der Waals surface area contributed by atoms with E-state index in [4.69, 9.17) is 5.73 Å². The average molecular weight is 138 g/mol. The first-order chi connectivity index (χ1) is 4.72. The number of hydrogen-bond donors (Lipinski definition) is 1. The van der Waals surface area contributed by atoms with E-state index in [2.05, 4.69) is 19.7 Å². The number of rotatable bonds is 5. The first kappa shape index (κ1) is 8.82. The van der Waals surface area contributed by atoms with Gasteiger partial charge in [0.05, 0.1) is 5.82 Å². The predicted molar refractivity (Wildman–Crippen MR) is 45.3 cm³/mol. The summed E-state index contributed by atoms with van der Waals surface area (Å²) in [6.45, 7) is 12.2. The molecule has 0 spiro atoms. The lowest BCUT2D eigenvalue weighted by molar-refractivity contribution is 0.419. The summed E-state index contributed by atoms with van der Waals surface area (Å²) in [5.41, 5.74) is 5.44. The van der Waals surface area contributed by atoms with Crippen molar-refractivity contribution in [3.05, 3.63) is 37.7 Å². The van der Waals surface area contributed by atoms with Gasteiger partial charge in [0.25, 0.3) is 0 Å².